The Labute approximate surface area is 149 Å². The first-order valence-electron chi connectivity index (χ1n) is 7.31. The molecule has 8 heteroatoms. The topological polar surface area (TPSA) is 102 Å². The van der Waals surface area contributed by atoms with Crippen LogP contribution in [0.25, 0.3) is 11.3 Å². The second-order valence-electron chi connectivity index (χ2n) is 5.30. The minimum atomic E-state index is -3.76. The third-order valence-corrected chi connectivity index (χ3v) is 5.33. The molecule has 25 heavy (non-hydrogen) atoms. The van der Waals surface area contributed by atoms with Gasteiger partial charge in [-0.25, -0.2) is 18.5 Å². The second kappa shape index (κ2) is 6.75. The number of aryl methyl sites for hydroxylation is 1. The van der Waals surface area contributed by atoms with Gasteiger partial charge in [0.1, 0.15) is 4.88 Å². The van der Waals surface area contributed by atoms with Crippen molar-refractivity contribution in [3.05, 3.63) is 64.5 Å². The average Bonchev–Trinajstić information content (AvgIpc) is 2.97. The molecule has 2 aromatic carbocycles. The Bertz CT molecular complexity index is 1010. The molecule has 3 aromatic rings. The summed E-state index contributed by atoms with van der Waals surface area (Å²) in [6.45, 7) is 1.84. The van der Waals surface area contributed by atoms with Gasteiger partial charge in [0.25, 0.3) is 5.91 Å². The Kier molecular flexibility index (Phi) is 4.67. The number of nitrogens with two attached hydrogens (primary N) is 1. The van der Waals surface area contributed by atoms with E-state index >= 15 is 0 Å². The highest BCUT2D eigenvalue weighted by Crippen LogP contribution is 2.28. The molecule has 1 amide bonds. The van der Waals surface area contributed by atoms with Crippen molar-refractivity contribution < 1.29 is 13.2 Å². The number of amides is 1. The van der Waals surface area contributed by atoms with E-state index in [1.54, 1.807) is 0 Å². The van der Waals surface area contributed by atoms with Gasteiger partial charge in [-0.3, -0.25) is 4.79 Å². The first kappa shape index (κ1) is 17.3. The van der Waals surface area contributed by atoms with E-state index in [9.17, 15) is 13.2 Å². The number of thiazole rings is 1. The fourth-order valence-electron chi connectivity index (χ4n) is 2.29. The van der Waals surface area contributed by atoms with Crippen molar-refractivity contribution in [1.29, 1.82) is 0 Å². The van der Waals surface area contributed by atoms with Crippen LogP contribution in [0.15, 0.2) is 59.5 Å². The number of benzene rings is 2. The van der Waals surface area contributed by atoms with Gasteiger partial charge in [0.05, 0.1) is 15.6 Å². The first-order valence-corrected chi connectivity index (χ1v) is 9.68. The highest BCUT2D eigenvalue weighted by atomic mass is 32.2. The van der Waals surface area contributed by atoms with E-state index in [0.717, 1.165) is 10.6 Å². The van der Waals surface area contributed by atoms with Gasteiger partial charge >= 0.3 is 0 Å². The van der Waals surface area contributed by atoms with E-state index in [2.05, 4.69) is 10.3 Å². The lowest BCUT2D eigenvalue weighted by atomic mass is 10.1. The molecular formula is C17H15N3O3S2. The molecule has 0 radical (unpaired) electrons. The molecule has 0 atom stereocenters. The number of rotatable bonds is 4. The Hall–Kier alpha value is -2.55. The van der Waals surface area contributed by atoms with Gasteiger partial charge in [-0.1, -0.05) is 30.3 Å². The molecule has 0 saturated heterocycles. The third kappa shape index (κ3) is 3.93. The van der Waals surface area contributed by atoms with E-state index < -0.39 is 10.0 Å². The summed E-state index contributed by atoms with van der Waals surface area (Å²) in [7, 11) is -3.76. The van der Waals surface area contributed by atoms with Crippen LogP contribution in [0.1, 0.15) is 14.7 Å². The molecule has 0 aliphatic heterocycles. The van der Waals surface area contributed by atoms with Crippen molar-refractivity contribution in [1.82, 2.24) is 4.98 Å². The highest BCUT2D eigenvalue weighted by Gasteiger charge is 2.18. The van der Waals surface area contributed by atoms with Gasteiger partial charge in [-0.05, 0) is 31.2 Å². The average molecular weight is 373 g/mol. The van der Waals surface area contributed by atoms with Gasteiger partial charge in [0.2, 0.25) is 10.0 Å². The first-order chi connectivity index (χ1) is 11.8. The van der Waals surface area contributed by atoms with E-state index in [1.165, 1.54) is 35.6 Å². The zero-order valence-electron chi connectivity index (χ0n) is 13.3. The molecule has 0 fully saturated rings. The van der Waals surface area contributed by atoms with Crippen LogP contribution in [-0.4, -0.2) is 19.3 Å². The molecule has 3 N–H and O–H groups in total. The van der Waals surface area contributed by atoms with Crippen LogP contribution in [0.2, 0.25) is 0 Å². The minimum absolute atomic E-state index is 0.0101. The molecule has 0 unspecified atom stereocenters. The number of carbonyl (C=O) groups excluding carboxylic acids is 1. The van der Waals surface area contributed by atoms with Crippen LogP contribution in [0.4, 0.5) is 5.69 Å². The normalized spacial score (nSPS) is 11.3. The van der Waals surface area contributed by atoms with Gasteiger partial charge in [0, 0.05) is 11.3 Å². The van der Waals surface area contributed by atoms with Crippen LogP contribution >= 0.6 is 11.3 Å². The molecule has 128 valence electrons. The number of primary sulfonamides is 1. The Morgan fingerprint density at radius 2 is 1.72 bits per heavy atom. The number of aromatic nitrogens is 1. The van der Waals surface area contributed by atoms with E-state index in [1.807, 2.05) is 37.3 Å². The third-order valence-electron chi connectivity index (χ3n) is 3.43. The molecule has 0 spiro atoms. The number of carbonyl (C=O) groups is 1. The summed E-state index contributed by atoms with van der Waals surface area (Å²) in [4.78, 5) is 17.6. The molecule has 0 saturated carbocycles. The maximum absolute atomic E-state index is 12.6. The van der Waals surface area contributed by atoms with E-state index in [4.69, 9.17) is 5.14 Å². The zero-order chi connectivity index (χ0) is 18.0. The molecule has 0 aliphatic rings. The van der Waals surface area contributed by atoms with Crippen molar-refractivity contribution in [2.24, 2.45) is 5.14 Å². The molecule has 6 nitrogen and oxygen atoms in total. The van der Waals surface area contributed by atoms with Crippen LogP contribution < -0.4 is 10.5 Å². The monoisotopic (exact) mass is 373 g/mol. The van der Waals surface area contributed by atoms with Crippen molar-refractivity contribution >= 4 is 33.0 Å². The van der Waals surface area contributed by atoms with Crippen molar-refractivity contribution in [3.63, 3.8) is 0 Å². The van der Waals surface area contributed by atoms with Gasteiger partial charge in [-0.2, -0.15) is 0 Å². The van der Waals surface area contributed by atoms with E-state index in [0.29, 0.717) is 16.3 Å². The molecule has 1 heterocycles. The second-order valence-corrected chi connectivity index (χ2v) is 8.06. The number of hydrogen-bond donors (Lipinski definition) is 2. The summed E-state index contributed by atoms with van der Waals surface area (Å²) in [5, 5.41) is 8.61. The largest absolute Gasteiger partial charge is 0.321 e. The van der Waals surface area contributed by atoms with Crippen LogP contribution in [0, 0.1) is 6.92 Å². The molecule has 0 aliphatic carbocycles. The molecule has 3 rings (SSSR count). The van der Waals surface area contributed by atoms with Crippen LogP contribution in [0.3, 0.4) is 0 Å². The summed E-state index contributed by atoms with van der Waals surface area (Å²) in [5.41, 5.74) is 1.96. The number of sulfonamides is 1. The summed E-state index contributed by atoms with van der Waals surface area (Å²) >= 11 is 1.30. The summed E-state index contributed by atoms with van der Waals surface area (Å²) < 4.78 is 22.6. The van der Waals surface area contributed by atoms with Gasteiger partial charge < -0.3 is 5.32 Å². The molecular weight excluding hydrogens is 358 g/mol. The predicted molar refractivity (Wildman–Crippen MR) is 98.1 cm³/mol. The lowest BCUT2D eigenvalue weighted by Gasteiger charge is -2.06. The van der Waals surface area contributed by atoms with Crippen molar-refractivity contribution in [2.45, 2.75) is 11.8 Å². The van der Waals surface area contributed by atoms with Crippen molar-refractivity contribution in [3.8, 4) is 11.3 Å². The quantitative estimate of drug-likeness (QED) is 0.734. The number of nitrogens with one attached hydrogen (secondary N) is 1. The fraction of sp³-hybridized carbons (Fsp3) is 0.0588. The fourth-order valence-corrected chi connectivity index (χ4v) is 3.64. The van der Waals surface area contributed by atoms with Crippen molar-refractivity contribution in [2.75, 3.05) is 5.32 Å². The van der Waals surface area contributed by atoms with Gasteiger partial charge in [-0.15, -0.1) is 11.3 Å². The smallest absolute Gasteiger partial charge is 0.268 e. The lowest BCUT2D eigenvalue weighted by Crippen LogP contribution is -2.13. The number of nitrogens with zero attached hydrogens (tertiary/aromatic N) is 1. The van der Waals surface area contributed by atoms with E-state index in [-0.39, 0.29) is 10.8 Å². The Balaban J connectivity index is 1.87. The SMILES string of the molecule is Cc1nc(-c2ccccc2)c(C(=O)Nc2ccc(S(N)(=O)=O)cc2)s1. The summed E-state index contributed by atoms with van der Waals surface area (Å²) in [6.07, 6.45) is 0. The summed E-state index contributed by atoms with van der Waals surface area (Å²) in [6, 6.07) is 15.1. The summed E-state index contributed by atoms with van der Waals surface area (Å²) in [5.74, 6) is -0.298. The maximum Gasteiger partial charge on any atom is 0.268 e. The van der Waals surface area contributed by atoms with Crippen LogP contribution in [-0.2, 0) is 10.0 Å². The predicted octanol–water partition coefficient (Wildman–Crippen LogP) is 3.02. The van der Waals surface area contributed by atoms with Gasteiger partial charge in [0.15, 0.2) is 0 Å². The standard InChI is InChI=1S/C17H15N3O3S2/c1-11-19-15(12-5-3-2-4-6-12)16(24-11)17(21)20-13-7-9-14(10-8-13)25(18,22)23/h2-10H,1H3,(H,20,21)(H2,18,22,23). The highest BCUT2D eigenvalue weighted by molar-refractivity contribution is 7.89. The minimum Gasteiger partial charge on any atom is -0.321 e. The Morgan fingerprint density at radius 3 is 2.32 bits per heavy atom. The molecule has 1 aromatic heterocycles. The number of anilines is 1. The molecule has 0 bridgehead atoms. The van der Waals surface area contributed by atoms with Crippen LogP contribution in [0.5, 0.6) is 0 Å². The maximum atomic E-state index is 12.6. The lowest BCUT2D eigenvalue weighted by molar-refractivity contribution is 0.103. The Morgan fingerprint density at radius 1 is 1.08 bits per heavy atom. The number of hydrogen-bond acceptors (Lipinski definition) is 5. The zero-order valence-corrected chi connectivity index (χ0v) is 14.9.